The number of carbonyl (C=O) groups is 1. The first-order valence-corrected chi connectivity index (χ1v) is 26.1. The quantitative estimate of drug-likeness (QED) is 0.0390. The lowest BCUT2D eigenvalue weighted by Gasteiger charge is -2.25. The number of benzene rings is 5. The smallest absolute Gasteiger partial charge is 0.346 e. The van der Waals surface area contributed by atoms with Crippen molar-refractivity contribution in [1.82, 2.24) is 9.97 Å². The molecule has 0 aliphatic rings. The van der Waals surface area contributed by atoms with Crippen molar-refractivity contribution in [2.75, 3.05) is 4.90 Å². The predicted octanol–water partition coefficient (Wildman–Crippen LogP) is 17.7. The number of hydrogen-bond donors (Lipinski definition) is 1. The monoisotopic (exact) mass is 932 g/mol. The highest BCUT2D eigenvalue weighted by molar-refractivity contribution is 7.16. The molecule has 0 saturated heterocycles. The van der Waals surface area contributed by atoms with Crippen molar-refractivity contribution in [2.45, 2.75) is 104 Å². The molecule has 3 aromatic heterocycles. The molecule has 0 amide bonds. The Bertz CT molecular complexity index is 2930. The molecule has 0 bridgehead atoms. The lowest BCUT2D eigenvalue weighted by molar-refractivity contribution is -0.132. The van der Waals surface area contributed by atoms with Crippen LogP contribution < -0.4 is 4.90 Å². The Hall–Kier alpha value is -6.66. The number of fused-ring (bicyclic) bond motifs is 1. The summed E-state index contributed by atoms with van der Waals surface area (Å²) in [4.78, 5) is 30.3. The third kappa shape index (κ3) is 11.9. The molecular formula is C60H60N4O2S2. The van der Waals surface area contributed by atoms with E-state index < -0.39 is 5.97 Å². The zero-order valence-corrected chi connectivity index (χ0v) is 40.9. The van der Waals surface area contributed by atoms with Gasteiger partial charge in [0, 0.05) is 37.9 Å². The SMILES string of the molecule is CCCCCCCCc1ccc(-c2nc3c(-c4ccc(/C=C(/C#N)C(=O)O)cc4)ccc(-c4ccc(N(c5ccccc5)c5ccccc5)cc4)c3nc2-c2ccc(CCCCCCCC)s2)s1. The molecule has 0 atom stereocenters. The van der Waals surface area contributed by atoms with E-state index in [4.69, 9.17) is 9.97 Å². The zero-order chi connectivity index (χ0) is 47.1. The number of carboxylic acid groups (broad SMARTS) is 1. The molecule has 8 aromatic rings. The van der Waals surface area contributed by atoms with Gasteiger partial charge in [0.25, 0.3) is 0 Å². The summed E-state index contributed by atoms with van der Waals surface area (Å²) in [6, 6.07) is 52.4. The summed E-state index contributed by atoms with van der Waals surface area (Å²) in [5, 5.41) is 19.0. The molecule has 68 heavy (non-hydrogen) atoms. The van der Waals surface area contributed by atoms with Gasteiger partial charge in [-0.2, -0.15) is 5.26 Å². The van der Waals surface area contributed by atoms with E-state index in [2.05, 4.69) is 128 Å². The van der Waals surface area contributed by atoms with E-state index in [1.165, 1.54) is 92.9 Å². The van der Waals surface area contributed by atoms with Crippen molar-refractivity contribution in [3.05, 3.63) is 166 Å². The van der Waals surface area contributed by atoms with Crippen molar-refractivity contribution in [3.8, 4) is 49.5 Å². The van der Waals surface area contributed by atoms with Gasteiger partial charge >= 0.3 is 5.97 Å². The van der Waals surface area contributed by atoms with Gasteiger partial charge in [-0.25, -0.2) is 14.8 Å². The van der Waals surface area contributed by atoms with Crippen LogP contribution in [-0.2, 0) is 17.6 Å². The standard InChI is InChI=1S/C60H60N4O2S2/c1-3-5-7-9-11-19-25-50-35-39-54(67-50)58-59(55-40-36-51(68-55)26-20-12-10-8-6-4-2)63-57-53(38-37-52(56(57)62-58)44-29-27-43(28-30-44)41-46(42-61)60(65)66)45-31-33-49(34-32-45)64(47-21-15-13-16-22-47)48-23-17-14-18-24-48/h13-18,21-24,27-41H,3-12,19-20,25-26H2,1-2H3,(H,65,66)/b46-41-. The van der Waals surface area contributed by atoms with Crippen LogP contribution >= 0.6 is 22.7 Å². The lowest BCUT2D eigenvalue weighted by Crippen LogP contribution is -2.09. The highest BCUT2D eigenvalue weighted by Crippen LogP contribution is 2.43. The Balaban J connectivity index is 1.25. The molecule has 344 valence electrons. The summed E-state index contributed by atoms with van der Waals surface area (Å²) in [6.45, 7) is 4.53. The number of thiophene rings is 2. The average molecular weight is 933 g/mol. The number of rotatable bonds is 23. The summed E-state index contributed by atoms with van der Waals surface area (Å²) in [7, 11) is 0. The van der Waals surface area contributed by atoms with E-state index in [0.29, 0.717) is 5.56 Å². The van der Waals surface area contributed by atoms with Crippen LogP contribution in [0.15, 0.2) is 151 Å². The van der Waals surface area contributed by atoms with Gasteiger partial charge in [0.15, 0.2) is 0 Å². The highest BCUT2D eigenvalue weighted by atomic mass is 32.1. The Morgan fingerprint density at radius 1 is 0.544 bits per heavy atom. The largest absolute Gasteiger partial charge is 0.477 e. The number of nitrogens with zero attached hydrogens (tertiary/aromatic N) is 4. The van der Waals surface area contributed by atoms with Crippen molar-refractivity contribution in [1.29, 1.82) is 5.26 Å². The normalized spacial score (nSPS) is 11.5. The van der Waals surface area contributed by atoms with Crippen LogP contribution in [0.5, 0.6) is 0 Å². The molecule has 0 unspecified atom stereocenters. The third-order valence-electron chi connectivity index (χ3n) is 12.5. The molecule has 0 radical (unpaired) electrons. The maximum Gasteiger partial charge on any atom is 0.346 e. The van der Waals surface area contributed by atoms with Crippen LogP contribution in [-0.4, -0.2) is 21.0 Å². The van der Waals surface area contributed by atoms with Gasteiger partial charge in [-0.15, -0.1) is 22.7 Å². The van der Waals surface area contributed by atoms with E-state index in [9.17, 15) is 15.2 Å². The number of aryl methyl sites for hydroxylation is 2. The molecule has 0 aliphatic heterocycles. The average Bonchev–Trinajstić information content (AvgIpc) is 4.06. The number of nitriles is 1. The molecule has 1 N–H and O–H groups in total. The van der Waals surface area contributed by atoms with Crippen molar-refractivity contribution < 1.29 is 9.90 Å². The molecule has 0 saturated carbocycles. The van der Waals surface area contributed by atoms with Crippen LogP contribution in [0.4, 0.5) is 17.1 Å². The first kappa shape index (κ1) is 47.8. The molecular weight excluding hydrogens is 873 g/mol. The maximum atomic E-state index is 11.7. The first-order chi connectivity index (χ1) is 33.4. The molecule has 0 fully saturated rings. The zero-order valence-electron chi connectivity index (χ0n) is 39.3. The van der Waals surface area contributed by atoms with E-state index in [0.717, 1.165) is 84.3 Å². The lowest BCUT2D eigenvalue weighted by atomic mass is 9.96. The van der Waals surface area contributed by atoms with E-state index in [1.54, 1.807) is 6.07 Å². The second kappa shape index (κ2) is 23.9. The van der Waals surface area contributed by atoms with Crippen molar-refractivity contribution in [2.24, 2.45) is 0 Å². The molecule has 0 spiro atoms. The number of aliphatic carboxylic acids is 1. The molecule has 5 aromatic carbocycles. The van der Waals surface area contributed by atoms with Gasteiger partial charge in [0.1, 0.15) is 23.0 Å². The van der Waals surface area contributed by atoms with Crippen LogP contribution in [0, 0.1) is 11.3 Å². The summed E-state index contributed by atoms with van der Waals surface area (Å²) in [5.74, 6) is -1.25. The van der Waals surface area contributed by atoms with Crippen molar-refractivity contribution in [3.63, 3.8) is 0 Å². The maximum absolute atomic E-state index is 11.7. The Morgan fingerprint density at radius 3 is 1.41 bits per heavy atom. The van der Waals surface area contributed by atoms with Gasteiger partial charge < -0.3 is 10.0 Å². The fourth-order valence-corrected chi connectivity index (χ4v) is 10.9. The summed E-state index contributed by atoms with van der Waals surface area (Å²) in [5.41, 5.74) is 10.8. The third-order valence-corrected chi connectivity index (χ3v) is 14.8. The van der Waals surface area contributed by atoms with Crippen molar-refractivity contribution >= 4 is 62.8 Å². The minimum atomic E-state index is -1.25. The topological polar surface area (TPSA) is 90.1 Å². The number of aromatic nitrogens is 2. The minimum Gasteiger partial charge on any atom is -0.477 e. The summed E-state index contributed by atoms with van der Waals surface area (Å²) >= 11 is 3.67. The summed E-state index contributed by atoms with van der Waals surface area (Å²) in [6.07, 6.45) is 18.7. The van der Waals surface area contributed by atoms with E-state index in [-0.39, 0.29) is 5.57 Å². The van der Waals surface area contributed by atoms with Crippen LogP contribution in [0.2, 0.25) is 0 Å². The van der Waals surface area contributed by atoms with Crippen LogP contribution in [0.25, 0.3) is 60.5 Å². The van der Waals surface area contributed by atoms with Crippen LogP contribution in [0.3, 0.4) is 0 Å². The molecule has 8 rings (SSSR count). The highest BCUT2D eigenvalue weighted by Gasteiger charge is 2.22. The predicted molar refractivity (Wildman–Crippen MR) is 287 cm³/mol. The Morgan fingerprint density at radius 2 is 0.971 bits per heavy atom. The number of hydrogen-bond acceptors (Lipinski definition) is 7. The molecule has 8 heteroatoms. The summed E-state index contributed by atoms with van der Waals surface area (Å²) < 4.78 is 0. The van der Waals surface area contributed by atoms with Gasteiger partial charge in [-0.05, 0) is 109 Å². The van der Waals surface area contributed by atoms with Gasteiger partial charge in [0.05, 0.1) is 20.8 Å². The van der Waals surface area contributed by atoms with Gasteiger partial charge in [0.2, 0.25) is 0 Å². The first-order valence-electron chi connectivity index (χ1n) is 24.4. The van der Waals surface area contributed by atoms with E-state index in [1.807, 2.05) is 59.1 Å². The molecule has 6 nitrogen and oxygen atoms in total. The Kier molecular flexibility index (Phi) is 16.8. The number of anilines is 3. The minimum absolute atomic E-state index is 0.312. The second-order valence-electron chi connectivity index (χ2n) is 17.5. The van der Waals surface area contributed by atoms with Gasteiger partial charge in [-0.3, -0.25) is 0 Å². The molecule has 0 aliphatic carbocycles. The molecule has 3 heterocycles. The Labute approximate surface area is 410 Å². The number of unbranched alkanes of at least 4 members (excludes halogenated alkanes) is 10. The fourth-order valence-electron chi connectivity index (χ4n) is 8.84. The number of carboxylic acids is 1. The van der Waals surface area contributed by atoms with Crippen LogP contribution in [0.1, 0.15) is 106 Å². The van der Waals surface area contributed by atoms with E-state index >= 15 is 0 Å². The number of para-hydroxylation sites is 2. The second-order valence-corrected chi connectivity index (χ2v) is 19.8. The van der Waals surface area contributed by atoms with Gasteiger partial charge in [-0.1, -0.05) is 163 Å². The fraction of sp³-hybridized carbons (Fsp3) is 0.267.